The zero-order valence-corrected chi connectivity index (χ0v) is 13.6. The Kier molecular flexibility index (Phi) is 4.35. The van der Waals surface area contributed by atoms with Crippen LogP contribution in [0.2, 0.25) is 0 Å². The van der Waals surface area contributed by atoms with Crippen molar-refractivity contribution in [3.8, 4) is 11.8 Å². The summed E-state index contributed by atoms with van der Waals surface area (Å²) in [7, 11) is 0. The van der Waals surface area contributed by atoms with Crippen molar-refractivity contribution in [2.45, 2.75) is 13.8 Å². The van der Waals surface area contributed by atoms with Gasteiger partial charge in [0.25, 0.3) is 0 Å². The van der Waals surface area contributed by atoms with E-state index in [4.69, 9.17) is 9.47 Å². The van der Waals surface area contributed by atoms with Crippen LogP contribution in [0.1, 0.15) is 13.8 Å². The molecule has 0 aromatic heterocycles. The van der Waals surface area contributed by atoms with Crippen molar-refractivity contribution in [1.29, 1.82) is 5.26 Å². The maximum Gasteiger partial charge on any atom is 0.349 e. The van der Waals surface area contributed by atoms with E-state index in [9.17, 15) is 10.1 Å². The lowest BCUT2D eigenvalue weighted by Crippen LogP contribution is -2.17. The molecule has 0 saturated carbocycles. The smallest absolute Gasteiger partial charge is 0.349 e. The molecule has 120 valence electrons. The van der Waals surface area contributed by atoms with Gasteiger partial charge in [-0.2, -0.15) is 5.26 Å². The van der Waals surface area contributed by atoms with E-state index in [0.717, 1.165) is 21.5 Å². The molecule has 4 nitrogen and oxygen atoms in total. The lowest BCUT2D eigenvalue weighted by molar-refractivity contribution is -0.136. The summed E-state index contributed by atoms with van der Waals surface area (Å²) in [6, 6.07) is 15.6. The minimum Gasteiger partial charge on any atom is -0.493 e. The van der Waals surface area contributed by atoms with Crippen LogP contribution in [0.25, 0.3) is 27.1 Å². The Labute approximate surface area is 139 Å². The number of rotatable bonds is 4. The van der Waals surface area contributed by atoms with E-state index >= 15 is 0 Å². The predicted molar refractivity (Wildman–Crippen MR) is 93.5 cm³/mol. The van der Waals surface area contributed by atoms with E-state index in [-0.39, 0.29) is 12.2 Å². The number of benzene rings is 3. The molecule has 0 saturated heterocycles. The topological polar surface area (TPSA) is 59.3 Å². The second-order valence-corrected chi connectivity index (χ2v) is 5.27. The predicted octanol–water partition coefficient (Wildman–Crippen LogP) is 3.35. The van der Waals surface area contributed by atoms with Crippen LogP contribution >= 0.6 is 0 Å². The maximum atomic E-state index is 12.2. The third-order valence-corrected chi connectivity index (χ3v) is 3.90. The van der Waals surface area contributed by atoms with Gasteiger partial charge in [-0.3, -0.25) is 0 Å². The summed E-state index contributed by atoms with van der Waals surface area (Å²) in [5, 5.41) is 13.9. The van der Waals surface area contributed by atoms with E-state index in [1.54, 1.807) is 13.0 Å². The number of esters is 1. The SMILES string of the molecule is CCOC(=O)/C(C#N)=c1\cc(OCC)c2cccc3cccc1c32. The molecular formula is C20H17NO3. The Morgan fingerprint density at radius 1 is 1.08 bits per heavy atom. The van der Waals surface area contributed by atoms with Gasteiger partial charge in [0.1, 0.15) is 17.4 Å². The fourth-order valence-corrected chi connectivity index (χ4v) is 2.96. The molecule has 0 N–H and O–H groups in total. The number of carbonyl (C=O) groups excluding carboxylic acids is 1. The highest BCUT2D eigenvalue weighted by Gasteiger charge is 2.16. The molecule has 3 aromatic rings. The van der Waals surface area contributed by atoms with E-state index in [1.807, 2.05) is 49.4 Å². The summed E-state index contributed by atoms with van der Waals surface area (Å²) in [4.78, 5) is 12.2. The zero-order valence-electron chi connectivity index (χ0n) is 13.6. The molecule has 0 spiro atoms. The second-order valence-electron chi connectivity index (χ2n) is 5.27. The van der Waals surface area contributed by atoms with Crippen molar-refractivity contribution in [2.24, 2.45) is 0 Å². The van der Waals surface area contributed by atoms with Gasteiger partial charge in [-0.05, 0) is 30.7 Å². The highest BCUT2D eigenvalue weighted by Crippen LogP contribution is 2.31. The number of nitriles is 1. The Balaban J connectivity index is 2.51. The lowest BCUT2D eigenvalue weighted by Gasteiger charge is -2.12. The Morgan fingerprint density at radius 2 is 1.79 bits per heavy atom. The monoisotopic (exact) mass is 319 g/mol. The first kappa shape index (κ1) is 15.8. The summed E-state index contributed by atoms with van der Waals surface area (Å²) in [6.45, 7) is 4.34. The van der Waals surface area contributed by atoms with Gasteiger partial charge in [0.2, 0.25) is 0 Å². The summed E-state index contributed by atoms with van der Waals surface area (Å²) in [5.41, 5.74) is -0.00365. The molecule has 3 rings (SSSR count). The fourth-order valence-electron chi connectivity index (χ4n) is 2.96. The molecule has 0 amide bonds. The van der Waals surface area contributed by atoms with Gasteiger partial charge >= 0.3 is 5.97 Å². The number of carbonyl (C=O) groups is 1. The first-order valence-corrected chi connectivity index (χ1v) is 7.89. The standard InChI is InChI=1S/C20H17NO3/c1-3-23-18-11-16(17(12-21)20(22)24-4-2)14-9-5-7-13-8-6-10-15(18)19(13)14/h5-11H,3-4H2,1-2H3/b17-16+. The summed E-state index contributed by atoms with van der Waals surface area (Å²) in [5.74, 6) is 0.0485. The van der Waals surface area contributed by atoms with Crippen LogP contribution in [0.5, 0.6) is 5.75 Å². The summed E-state index contributed by atoms with van der Waals surface area (Å²) < 4.78 is 10.8. The number of nitrogens with zero attached hydrogens (tertiary/aromatic N) is 1. The number of hydrogen-bond acceptors (Lipinski definition) is 4. The molecule has 0 bridgehead atoms. The summed E-state index contributed by atoms with van der Waals surface area (Å²) in [6.07, 6.45) is 0. The maximum absolute atomic E-state index is 12.2. The van der Waals surface area contributed by atoms with Gasteiger partial charge < -0.3 is 9.47 Å². The van der Waals surface area contributed by atoms with Gasteiger partial charge in [0, 0.05) is 16.0 Å². The molecule has 0 heterocycles. The minimum absolute atomic E-state index is 0.00365. The van der Waals surface area contributed by atoms with Gasteiger partial charge in [0.05, 0.1) is 13.2 Å². The van der Waals surface area contributed by atoms with E-state index in [1.165, 1.54) is 0 Å². The molecule has 0 aliphatic heterocycles. The largest absolute Gasteiger partial charge is 0.493 e. The molecule has 0 atom stereocenters. The molecule has 3 aromatic carbocycles. The van der Waals surface area contributed by atoms with Gasteiger partial charge in [0.15, 0.2) is 0 Å². The van der Waals surface area contributed by atoms with Gasteiger partial charge in [-0.15, -0.1) is 0 Å². The zero-order chi connectivity index (χ0) is 17.1. The highest BCUT2D eigenvalue weighted by molar-refractivity contribution is 6.20. The van der Waals surface area contributed by atoms with Crippen LogP contribution in [0.4, 0.5) is 0 Å². The van der Waals surface area contributed by atoms with Crippen LogP contribution in [0, 0.1) is 11.3 Å². The third-order valence-electron chi connectivity index (χ3n) is 3.90. The van der Waals surface area contributed by atoms with Gasteiger partial charge in [-0.1, -0.05) is 36.4 Å². The molecule has 4 heteroatoms. The average Bonchev–Trinajstić information content (AvgIpc) is 2.59. The average molecular weight is 319 g/mol. The molecule has 0 aliphatic carbocycles. The molecular weight excluding hydrogens is 302 g/mol. The Hall–Kier alpha value is -3.06. The first-order valence-electron chi connectivity index (χ1n) is 7.89. The van der Waals surface area contributed by atoms with E-state index < -0.39 is 5.97 Å². The minimum atomic E-state index is -0.613. The van der Waals surface area contributed by atoms with Crippen molar-refractivity contribution in [3.05, 3.63) is 47.7 Å². The molecule has 0 unspecified atom stereocenters. The molecule has 0 radical (unpaired) electrons. The first-order chi connectivity index (χ1) is 11.7. The normalized spacial score (nSPS) is 12.0. The van der Waals surface area contributed by atoms with Crippen molar-refractivity contribution < 1.29 is 14.3 Å². The molecule has 0 aliphatic rings. The van der Waals surface area contributed by atoms with Gasteiger partial charge in [-0.25, -0.2) is 4.79 Å². The van der Waals surface area contributed by atoms with E-state index in [0.29, 0.717) is 17.6 Å². The number of ether oxygens (including phenoxy) is 2. The van der Waals surface area contributed by atoms with Crippen molar-refractivity contribution >= 4 is 33.1 Å². The van der Waals surface area contributed by atoms with Crippen molar-refractivity contribution in [1.82, 2.24) is 0 Å². The summed E-state index contributed by atoms with van der Waals surface area (Å²) >= 11 is 0. The molecule has 24 heavy (non-hydrogen) atoms. The van der Waals surface area contributed by atoms with Crippen molar-refractivity contribution in [2.75, 3.05) is 13.2 Å². The number of hydrogen-bond donors (Lipinski definition) is 0. The Morgan fingerprint density at radius 3 is 2.42 bits per heavy atom. The Bertz CT molecular complexity index is 1010. The van der Waals surface area contributed by atoms with Crippen molar-refractivity contribution in [3.63, 3.8) is 0 Å². The second kappa shape index (κ2) is 6.59. The molecule has 0 fully saturated rings. The highest BCUT2D eigenvalue weighted by atomic mass is 16.5. The van der Waals surface area contributed by atoms with E-state index in [2.05, 4.69) is 0 Å². The van der Waals surface area contributed by atoms with Crippen LogP contribution in [0.15, 0.2) is 42.5 Å². The lowest BCUT2D eigenvalue weighted by atomic mass is 9.96. The van der Waals surface area contributed by atoms with Crippen LogP contribution in [-0.4, -0.2) is 19.2 Å². The van der Waals surface area contributed by atoms with Crippen LogP contribution in [0.3, 0.4) is 0 Å². The van der Waals surface area contributed by atoms with Crippen LogP contribution < -0.4 is 9.96 Å². The third kappa shape index (κ3) is 2.55. The fraction of sp³-hybridized carbons (Fsp3) is 0.200. The quantitative estimate of drug-likeness (QED) is 0.692. The van der Waals surface area contributed by atoms with Crippen LogP contribution in [-0.2, 0) is 9.53 Å².